The van der Waals surface area contributed by atoms with Crippen LogP contribution in [0.2, 0.25) is 0 Å². The first-order valence-electron chi connectivity index (χ1n) is 8.53. The molecular formula is C19H17N3O6S. The number of fused-ring (bicyclic) bond motifs is 1. The van der Waals surface area contributed by atoms with E-state index in [1.54, 1.807) is 24.4 Å². The number of thiophene rings is 1. The molecule has 9 nitrogen and oxygen atoms in total. The van der Waals surface area contributed by atoms with Crippen LogP contribution in [0, 0.1) is 6.92 Å². The maximum atomic E-state index is 12.5. The number of carbonyl (C=O) groups excluding carboxylic acids is 5. The van der Waals surface area contributed by atoms with Crippen LogP contribution in [0.5, 0.6) is 0 Å². The zero-order valence-corrected chi connectivity index (χ0v) is 16.4. The van der Waals surface area contributed by atoms with Crippen molar-refractivity contribution in [1.29, 1.82) is 0 Å². The summed E-state index contributed by atoms with van der Waals surface area (Å²) in [4.78, 5) is 61.4. The van der Waals surface area contributed by atoms with E-state index < -0.39 is 42.2 Å². The second-order valence-corrected chi connectivity index (χ2v) is 7.30. The van der Waals surface area contributed by atoms with Gasteiger partial charge in [-0.25, -0.2) is 4.79 Å². The van der Waals surface area contributed by atoms with Crippen molar-refractivity contribution in [3.63, 3.8) is 0 Å². The monoisotopic (exact) mass is 415 g/mol. The smallest absolute Gasteiger partial charge is 0.329 e. The van der Waals surface area contributed by atoms with Gasteiger partial charge in [0, 0.05) is 0 Å². The Balaban J connectivity index is 1.62. The summed E-state index contributed by atoms with van der Waals surface area (Å²) in [5.74, 6) is -3.48. The van der Waals surface area contributed by atoms with Crippen molar-refractivity contribution < 1.29 is 28.7 Å². The van der Waals surface area contributed by atoms with E-state index in [9.17, 15) is 24.0 Å². The third-order valence-electron chi connectivity index (χ3n) is 4.33. The number of ether oxygens (including phenoxy) is 1. The molecule has 1 atom stereocenters. The van der Waals surface area contributed by atoms with Gasteiger partial charge in [0.25, 0.3) is 23.6 Å². The number of benzene rings is 1. The highest BCUT2D eigenvalue weighted by molar-refractivity contribution is 7.14. The molecule has 0 fully saturated rings. The van der Waals surface area contributed by atoms with Gasteiger partial charge >= 0.3 is 5.97 Å². The number of anilines is 1. The number of rotatable bonds is 6. The molecule has 3 rings (SSSR count). The summed E-state index contributed by atoms with van der Waals surface area (Å²) in [7, 11) is 0. The summed E-state index contributed by atoms with van der Waals surface area (Å²) in [6, 6.07) is 5.07. The molecule has 0 saturated carbocycles. The molecule has 0 saturated heterocycles. The molecule has 0 aliphatic carbocycles. The molecule has 1 aliphatic heterocycles. The highest BCUT2D eigenvalue weighted by atomic mass is 32.1. The molecule has 0 bridgehead atoms. The second-order valence-electron chi connectivity index (χ2n) is 6.39. The molecule has 1 unspecified atom stereocenters. The molecule has 3 N–H and O–H groups in total. The van der Waals surface area contributed by atoms with Crippen molar-refractivity contribution in [2.75, 3.05) is 11.9 Å². The van der Waals surface area contributed by atoms with E-state index in [1.165, 1.54) is 19.1 Å². The van der Waals surface area contributed by atoms with Crippen LogP contribution in [0.25, 0.3) is 0 Å². The van der Waals surface area contributed by atoms with Crippen molar-refractivity contribution >= 4 is 45.9 Å². The fourth-order valence-electron chi connectivity index (χ4n) is 2.85. The Hall–Kier alpha value is -3.53. The first-order valence-corrected chi connectivity index (χ1v) is 9.41. The van der Waals surface area contributed by atoms with Gasteiger partial charge in [0.05, 0.1) is 16.7 Å². The maximum Gasteiger partial charge on any atom is 0.329 e. The normalized spacial score (nSPS) is 13.8. The topological polar surface area (TPSA) is 136 Å². The molecule has 2 aromatic rings. The van der Waals surface area contributed by atoms with Crippen LogP contribution in [-0.4, -0.2) is 47.1 Å². The van der Waals surface area contributed by atoms with Crippen molar-refractivity contribution in [2.24, 2.45) is 5.73 Å². The average Bonchev–Trinajstić information content (AvgIpc) is 3.22. The molecular weight excluding hydrogens is 398 g/mol. The zero-order chi connectivity index (χ0) is 21.3. The van der Waals surface area contributed by atoms with Gasteiger partial charge in [0.2, 0.25) is 0 Å². The summed E-state index contributed by atoms with van der Waals surface area (Å²) in [6.45, 7) is 2.48. The molecule has 0 radical (unpaired) electrons. The zero-order valence-electron chi connectivity index (χ0n) is 15.6. The molecule has 29 heavy (non-hydrogen) atoms. The minimum absolute atomic E-state index is 0.143. The van der Waals surface area contributed by atoms with E-state index in [1.807, 2.05) is 0 Å². The minimum atomic E-state index is -1.21. The number of amides is 4. The molecule has 1 aliphatic rings. The Bertz CT molecular complexity index is 1040. The van der Waals surface area contributed by atoms with Gasteiger partial charge in [-0.3, -0.25) is 24.1 Å². The lowest BCUT2D eigenvalue weighted by Gasteiger charge is -2.20. The average molecular weight is 415 g/mol. The summed E-state index contributed by atoms with van der Waals surface area (Å²) < 4.78 is 4.94. The molecule has 4 amide bonds. The van der Waals surface area contributed by atoms with Crippen molar-refractivity contribution in [2.45, 2.75) is 19.9 Å². The molecule has 150 valence electrons. The molecule has 0 spiro atoms. The molecule has 10 heteroatoms. The number of hydrogen-bond donors (Lipinski definition) is 2. The van der Waals surface area contributed by atoms with E-state index in [0.717, 1.165) is 21.8 Å². The van der Waals surface area contributed by atoms with Crippen molar-refractivity contribution in [3.05, 3.63) is 51.9 Å². The first kappa shape index (κ1) is 20.2. The van der Waals surface area contributed by atoms with E-state index in [0.29, 0.717) is 0 Å². The highest BCUT2D eigenvalue weighted by Gasteiger charge is 2.41. The van der Waals surface area contributed by atoms with Crippen LogP contribution in [0.1, 0.15) is 43.6 Å². The molecule has 1 aromatic carbocycles. The van der Waals surface area contributed by atoms with E-state index in [-0.39, 0.29) is 21.7 Å². The Morgan fingerprint density at radius 2 is 1.86 bits per heavy atom. The highest BCUT2D eigenvalue weighted by Crippen LogP contribution is 2.26. The van der Waals surface area contributed by atoms with Crippen LogP contribution >= 0.6 is 11.3 Å². The Kier molecular flexibility index (Phi) is 5.46. The third-order valence-corrected chi connectivity index (χ3v) is 5.16. The number of nitrogens with one attached hydrogen (secondary N) is 1. The third kappa shape index (κ3) is 3.87. The van der Waals surface area contributed by atoms with Crippen LogP contribution in [0.3, 0.4) is 0 Å². The standard InChI is InChI=1S/C19H17N3O6S/c1-9-3-4-11-13(7-9)18(26)22(17(11)25)10(2)19(27)28-8-14(23)21-16-12(15(20)24)5-6-29-16/h3-7,10H,8H2,1-2H3,(H2,20,24)(H,21,23). The summed E-state index contributed by atoms with van der Waals surface area (Å²) in [5.41, 5.74) is 6.59. The quantitative estimate of drug-likeness (QED) is 0.539. The number of nitrogens with zero attached hydrogens (tertiary/aromatic N) is 1. The fourth-order valence-corrected chi connectivity index (χ4v) is 3.66. The van der Waals surface area contributed by atoms with Gasteiger partial charge < -0.3 is 15.8 Å². The summed E-state index contributed by atoms with van der Waals surface area (Å²) in [5, 5.41) is 4.24. The lowest BCUT2D eigenvalue weighted by atomic mass is 10.1. The number of nitrogens with two attached hydrogens (primary N) is 1. The van der Waals surface area contributed by atoms with E-state index in [2.05, 4.69) is 5.32 Å². The van der Waals surface area contributed by atoms with Gasteiger partial charge in [-0.1, -0.05) is 11.6 Å². The Morgan fingerprint density at radius 1 is 1.17 bits per heavy atom. The van der Waals surface area contributed by atoms with Gasteiger partial charge in [-0.05, 0) is 37.4 Å². The molecule has 1 aromatic heterocycles. The van der Waals surface area contributed by atoms with Crippen molar-refractivity contribution in [3.8, 4) is 0 Å². The number of aryl methyl sites for hydroxylation is 1. The van der Waals surface area contributed by atoms with Gasteiger partial charge in [0.1, 0.15) is 11.0 Å². The summed E-state index contributed by atoms with van der Waals surface area (Å²) >= 11 is 1.09. The first-order chi connectivity index (χ1) is 13.7. The van der Waals surface area contributed by atoms with Gasteiger partial charge in [0.15, 0.2) is 6.61 Å². The largest absolute Gasteiger partial charge is 0.454 e. The lowest BCUT2D eigenvalue weighted by molar-refractivity contribution is -0.150. The number of carbonyl (C=O) groups is 5. The Labute approximate surface area is 169 Å². The predicted molar refractivity (Wildman–Crippen MR) is 104 cm³/mol. The number of primary amides is 1. The number of esters is 1. The van der Waals surface area contributed by atoms with Crippen LogP contribution in [0.15, 0.2) is 29.6 Å². The Morgan fingerprint density at radius 3 is 2.55 bits per heavy atom. The van der Waals surface area contributed by atoms with Crippen LogP contribution in [-0.2, 0) is 14.3 Å². The lowest BCUT2D eigenvalue weighted by Crippen LogP contribution is -2.44. The SMILES string of the molecule is Cc1ccc2c(c1)C(=O)N(C(C)C(=O)OCC(=O)Nc1sccc1C(N)=O)C2=O. The summed E-state index contributed by atoms with van der Waals surface area (Å²) in [6.07, 6.45) is 0. The second kappa shape index (κ2) is 7.84. The fraction of sp³-hybridized carbons (Fsp3) is 0.211. The predicted octanol–water partition coefficient (Wildman–Crippen LogP) is 1.32. The van der Waals surface area contributed by atoms with E-state index in [4.69, 9.17) is 10.5 Å². The van der Waals surface area contributed by atoms with Crippen LogP contribution in [0.4, 0.5) is 5.00 Å². The van der Waals surface area contributed by atoms with E-state index >= 15 is 0 Å². The number of hydrogen-bond acceptors (Lipinski definition) is 7. The number of imide groups is 1. The van der Waals surface area contributed by atoms with Gasteiger partial charge in [-0.15, -0.1) is 11.3 Å². The van der Waals surface area contributed by atoms with Crippen LogP contribution < -0.4 is 11.1 Å². The minimum Gasteiger partial charge on any atom is -0.454 e. The van der Waals surface area contributed by atoms with Crippen molar-refractivity contribution in [1.82, 2.24) is 4.90 Å². The molecule has 2 heterocycles. The van der Waals surface area contributed by atoms with Gasteiger partial charge in [-0.2, -0.15) is 0 Å². The maximum absolute atomic E-state index is 12.5.